The fraction of sp³-hybridized carbons (Fsp3) is 0.111. The van der Waals surface area contributed by atoms with Crippen LogP contribution in [-0.2, 0) is 11.3 Å². The Morgan fingerprint density at radius 1 is 1.00 bits per heavy atom. The fourth-order valence-electron chi connectivity index (χ4n) is 3.80. The fourth-order valence-corrected chi connectivity index (χ4v) is 4.77. The molecule has 7 heteroatoms. The maximum atomic E-state index is 13.8. The van der Waals surface area contributed by atoms with Crippen LogP contribution in [0, 0.1) is 5.82 Å². The molecule has 1 aliphatic rings. The van der Waals surface area contributed by atoms with Gasteiger partial charge in [-0.2, -0.15) is 0 Å². The first-order chi connectivity index (χ1) is 16.6. The predicted molar refractivity (Wildman–Crippen MR) is 136 cm³/mol. The first-order valence-corrected chi connectivity index (χ1v) is 11.7. The molecule has 0 bridgehead atoms. The third-order valence-corrected chi connectivity index (χ3v) is 6.58. The number of thioether (sulfide) groups is 1. The van der Waals surface area contributed by atoms with Crippen molar-refractivity contribution in [2.24, 2.45) is 4.99 Å². The summed E-state index contributed by atoms with van der Waals surface area (Å²) < 4.78 is 21.6. The van der Waals surface area contributed by atoms with E-state index in [1.165, 1.54) is 17.8 Å². The minimum absolute atomic E-state index is 0.0839. The van der Waals surface area contributed by atoms with Crippen molar-refractivity contribution in [3.8, 4) is 5.75 Å². The van der Waals surface area contributed by atoms with E-state index >= 15 is 0 Å². The number of fused-ring (bicyclic) bond motifs is 1. The lowest BCUT2D eigenvalue weighted by molar-refractivity contribution is -0.121. The van der Waals surface area contributed by atoms with Crippen LogP contribution in [0.15, 0.2) is 95.0 Å². The molecule has 4 aromatic rings. The molecule has 170 valence electrons. The second-order valence-electron chi connectivity index (χ2n) is 7.78. The van der Waals surface area contributed by atoms with Crippen molar-refractivity contribution in [1.82, 2.24) is 9.47 Å². The van der Waals surface area contributed by atoms with Gasteiger partial charge in [0.15, 0.2) is 16.7 Å². The molecular formula is C27H22FN3O2S. The van der Waals surface area contributed by atoms with Gasteiger partial charge in [-0.3, -0.25) is 9.69 Å². The van der Waals surface area contributed by atoms with Gasteiger partial charge in [-0.25, -0.2) is 9.38 Å². The summed E-state index contributed by atoms with van der Waals surface area (Å²) in [5, 5.41) is 1.68. The zero-order chi connectivity index (χ0) is 23.5. The molecule has 0 radical (unpaired) electrons. The van der Waals surface area contributed by atoms with Gasteiger partial charge in [0, 0.05) is 29.7 Å². The molecule has 1 fully saturated rings. The van der Waals surface area contributed by atoms with Crippen LogP contribution in [0.3, 0.4) is 0 Å². The molecule has 3 aromatic carbocycles. The van der Waals surface area contributed by atoms with Gasteiger partial charge in [-0.15, -0.1) is 0 Å². The molecule has 1 amide bonds. The quantitative estimate of drug-likeness (QED) is 0.320. The molecule has 0 spiro atoms. The largest absolute Gasteiger partial charge is 0.489 e. The molecule has 0 unspecified atom stereocenters. The van der Waals surface area contributed by atoms with Crippen LogP contribution in [-0.4, -0.2) is 34.2 Å². The van der Waals surface area contributed by atoms with Crippen molar-refractivity contribution in [3.63, 3.8) is 0 Å². The molecule has 1 aliphatic heterocycles. The Labute approximate surface area is 201 Å². The number of rotatable bonds is 6. The highest BCUT2D eigenvalue weighted by atomic mass is 32.2. The zero-order valence-corrected chi connectivity index (χ0v) is 19.3. The van der Waals surface area contributed by atoms with Crippen molar-refractivity contribution >= 4 is 45.5 Å². The number of likely N-dealkylation sites (N-methyl/N-ethyl adjacent to an activating group) is 1. The first kappa shape index (κ1) is 22.0. The number of benzene rings is 3. The lowest BCUT2D eigenvalue weighted by Crippen LogP contribution is -2.23. The summed E-state index contributed by atoms with van der Waals surface area (Å²) in [6.45, 7) is 0.861. The van der Waals surface area contributed by atoms with Crippen LogP contribution in [0.2, 0.25) is 0 Å². The van der Waals surface area contributed by atoms with Crippen LogP contribution in [0.5, 0.6) is 5.75 Å². The number of hydrogen-bond acceptors (Lipinski definition) is 4. The molecule has 1 aromatic heterocycles. The van der Waals surface area contributed by atoms with Gasteiger partial charge in [-0.1, -0.05) is 48.5 Å². The molecule has 2 heterocycles. The number of halogens is 1. The number of carbonyl (C=O) groups excluding carboxylic acids is 1. The maximum Gasteiger partial charge on any atom is 0.266 e. The normalized spacial score (nSPS) is 16.2. The Bertz CT molecular complexity index is 1410. The Morgan fingerprint density at radius 3 is 2.56 bits per heavy atom. The molecule has 5 nitrogen and oxygen atoms in total. The van der Waals surface area contributed by atoms with E-state index in [-0.39, 0.29) is 17.5 Å². The average Bonchev–Trinajstić information content (AvgIpc) is 3.33. The van der Waals surface area contributed by atoms with E-state index in [1.807, 2.05) is 66.9 Å². The van der Waals surface area contributed by atoms with Gasteiger partial charge in [0.25, 0.3) is 5.91 Å². The van der Waals surface area contributed by atoms with Crippen LogP contribution >= 0.6 is 11.8 Å². The Balaban J connectivity index is 1.40. The van der Waals surface area contributed by atoms with Crippen LogP contribution in [0.1, 0.15) is 5.56 Å². The van der Waals surface area contributed by atoms with Crippen LogP contribution in [0.4, 0.5) is 10.1 Å². The maximum absolute atomic E-state index is 13.8. The lowest BCUT2D eigenvalue weighted by atomic mass is 10.1. The van der Waals surface area contributed by atoms with E-state index in [9.17, 15) is 9.18 Å². The Kier molecular flexibility index (Phi) is 6.18. The van der Waals surface area contributed by atoms with E-state index in [1.54, 1.807) is 30.1 Å². The predicted octanol–water partition coefficient (Wildman–Crippen LogP) is 6.09. The second kappa shape index (κ2) is 9.57. The van der Waals surface area contributed by atoms with Crippen LogP contribution < -0.4 is 4.74 Å². The van der Waals surface area contributed by atoms with Gasteiger partial charge in [-0.05, 0) is 48.2 Å². The van der Waals surface area contributed by atoms with Crippen molar-refractivity contribution in [3.05, 3.63) is 101 Å². The van der Waals surface area contributed by atoms with E-state index in [0.717, 1.165) is 22.2 Å². The smallest absolute Gasteiger partial charge is 0.266 e. The highest BCUT2D eigenvalue weighted by Gasteiger charge is 2.30. The van der Waals surface area contributed by atoms with Crippen molar-refractivity contribution in [2.45, 2.75) is 6.54 Å². The standard InChI is InChI=1S/C27H22FN3O2S/c1-30-26(32)25(34-27(30)29-20-9-3-2-4-10-20)17-19-18-31(23-13-7-5-11-21(19)23)15-16-33-24-14-8-6-12-22(24)28/h2-14,17-18H,15-16H2,1H3/b25-17+,29-27?. The third kappa shape index (κ3) is 4.47. The summed E-state index contributed by atoms with van der Waals surface area (Å²) in [6.07, 6.45) is 3.91. The zero-order valence-electron chi connectivity index (χ0n) is 18.5. The first-order valence-electron chi connectivity index (χ1n) is 10.9. The summed E-state index contributed by atoms with van der Waals surface area (Å²) in [4.78, 5) is 19.7. The van der Waals surface area contributed by atoms with Gasteiger partial charge in [0.2, 0.25) is 0 Å². The highest BCUT2D eigenvalue weighted by Crippen LogP contribution is 2.34. The third-order valence-electron chi connectivity index (χ3n) is 5.52. The number of nitrogens with zero attached hydrogens (tertiary/aromatic N) is 3. The van der Waals surface area contributed by atoms with E-state index < -0.39 is 0 Å². The molecule has 0 aliphatic carbocycles. The van der Waals surface area contributed by atoms with Crippen molar-refractivity contribution in [2.75, 3.05) is 13.7 Å². The Morgan fingerprint density at radius 2 is 1.74 bits per heavy atom. The van der Waals surface area contributed by atoms with E-state index in [4.69, 9.17) is 4.74 Å². The van der Waals surface area contributed by atoms with Gasteiger partial charge >= 0.3 is 0 Å². The summed E-state index contributed by atoms with van der Waals surface area (Å²) in [7, 11) is 1.74. The number of aromatic nitrogens is 1. The number of ether oxygens (including phenoxy) is 1. The minimum Gasteiger partial charge on any atom is -0.489 e. The summed E-state index contributed by atoms with van der Waals surface area (Å²) >= 11 is 1.36. The lowest BCUT2D eigenvalue weighted by Gasteiger charge is -2.08. The average molecular weight is 472 g/mol. The number of para-hydroxylation sites is 3. The Hall–Kier alpha value is -3.84. The van der Waals surface area contributed by atoms with E-state index in [0.29, 0.717) is 23.2 Å². The molecule has 1 saturated heterocycles. The van der Waals surface area contributed by atoms with Crippen molar-refractivity contribution < 1.29 is 13.9 Å². The summed E-state index contributed by atoms with van der Waals surface area (Å²) in [5.74, 6) is -0.221. The molecule has 0 atom stereocenters. The van der Waals surface area contributed by atoms with Crippen LogP contribution in [0.25, 0.3) is 17.0 Å². The summed E-state index contributed by atoms with van der Waals surface area (Å²) in [6, 6.07) is 24.0. The number of carbonyl (C=O) groups is 1. The molecular weight excluding hydrogens is 449 g/mol. The second-order valence-corrected chi connectivity index (χ2v) is 8.79. The number of amidine groups is 1. The number of aliphatic imine (C=N–C) groups is 1. The van der Waals surface area contributed by atoms with Gasteiger partial charge in [0.1, 0.15) is 6.61 Å². The van der Waals surface area contributed by atoms with Gasteiger partial charge < -0.3 is 9.30 Å². The molecule has 0 saturated carbocycles. The molecule has 34 heavy (non-hydrogen) atoms. The number of hydrogen-bond donors (Lipinski definition) is 0. The SMILES string of the molecule is CN1C(=O)/C(=C\c2cn(CCOc3ccccc3F)c3ccccc23)SC1=Nc1ccccc1. The molecule has 5 rings (SSSR count). The monoisotopic (exact) mass is 471 g/mol. The van der Waals surface area contributed by atoms with E-state index in [2.05, 4.69) is 9.56 Å². The van der Waals surface area contributed by atoms with Gasteiger partial charge in [0.05, 0.1) is 17.1 Å². The minimum atomic E-state index is -0.376. The van der Waals surface area contributed by atoms with Crippen molar-refractivity contribution in [1.29, 1.82) is 0 Å². The summed E-state index contributed by atoms with van der Waals surface area (Å²) in [5.41, 5.74) is 2.76. The highest BCUT2D eigenvalue weighted by molar-refractivity contribution is 8.18. The molecule has 0 N–H and O–H groups in total. The topological polar surface area (TPSA) is 46.8 Å². The number of amides is 1.